The van der Waals surface area contributed by atoms with E-state index in [1.165, 1.54) is 0 Å². The summed E-state index contributed by atoms with van der Waals surface area (Å²) in [5.41, 5.74) is 0.869. The van der Waals surface area contributed by atoms with Crippen molar-refractivity contribution in [3.8, 4) is 0 Å². The van der Waals surface area contributed by atoms with Gasteiger partial charge in [-0.05, 0) is 44.7 Å². The Labute approximate surface area is 147 Å². The summed E-state index contributed by atoms with van der Waals surface area (Å²) in [5.74, 6) is 2.06. The van der Waals surface area contributed by atoms with Crippen LogP contribution in [0.4, 0.5) is 5.82 Å². The quantitative estimate of drug-likeness (QED) is 0.859. The fraction of sp³-hybridized carbons (Fsp3) is 0.526. The minimum Gasteiger partial charge on any atom is -0.359 e. The van der Waals surface area contributed by atoms with Crippen molar-refractivity contribution in [2.45, 2.75) is 38.6 Å². The van der Waals surface area contributed by atoms with Crippen LogP contribution < -0.4 is 4.90 Å². The molecule has 2 aromatic heterocycles. The summed E-state index contributed by atoms with van der Waals surface area (Å²) >= 11 is 0. The smallest absolute Gasteiger partial charge is 0.228 e. The van der Waals surface area contributed by atoms with E-state index in [0.29, 0.717) is 0 Å². The molecule has 0 saturated carbocycles. The van der Waals surface area contributed by atoms with Crippen molar-refractivity contribution in [3.63, 3.8) is 0 Å². The van der Waals surface area contributed by atoms with E-state index in [-0.39, 0.29) is 17.9 Å². The van der Waals surface area contributed by atoms with E-state index in [4.69, 9.17) is 4.52 Å². The number of hydrogen-bond donors (Lipinski definition) is 0. The van der Waals surface area contributed by atoms with Gasteiger partial charge in [-0.15, -0.1) is 0 Å². The Morgan fingerprint density at radius 1 is 1.24 bits per heavy atom. The summed E-state index contributed by atoms with van der Waals surface area (Å²) in [5, 5.41) is 3.99. The highest BCUT2D eigenvalue weighted by atomic mass is 16.5. The number of rotatable bonds is 3. The lowest BCUT2D eigenvalue weighted by Crippen LogP contribution is -2.45. The van der Waals surface area contributed by atoms with E-state index in [2.05, 4.69) is 15.0 Å². The van der Waals surface area contributed by atoms with Crippen LogP contribution in [-0.2, 0) is 4.79 Å². The van der Waals surface area contributed by atoms with Crippen molar-refractivity contribution in [2.24, 2.45) is 5.92 Å². The molecule has 0 aliphatic carbocycles. The second-order valence-corrected chi connectivity index (χ2v) is 7.03. The Morgan fingerprint density at radius 3 is 2.88 bits per heavy atom. The van der Waals surface area contributed by atoms with Crippen molar-refractivity contribution in [1.29, 1.82) is 0 Å². The van der Waals surface area contributed by atoms with Crippen LogP contribution in [0, 0.1) is 12.8 Å². The van der Waals surface area contributed by atoms with Crippen molar-refractivity contribution in [2.75, 3.05) is 24.5 Å². The highest BCUT2D eigenvalue weighted by Crippen LogP contribution is 2.35. The van der Waals surface area contributed by atoms with Gasteiger partial charge in [0.1, 0.15) is 5.82 Å². The molecule has 0 N–H and O–H groups in total. The monoisotopic (exact) mass is 340 g/mol. The third-order valence-electron chi connectivity index (χ3n) is 5.25. The molecule has 25 heavy (non-hydrogen) atoms. The van der Waals surface area contributed by atoms with Crippen molar-refractivity contribution < 1.29 is 9.32 Å². The first-order chi connectivity index (χ1) is 12.2. The van der Waals surface area contributed by atoms with Crippen molar-refractivity contribution in [1.82, 2.24) is 15.0 Å². The molecule has 2 aromatic rings. The Kier molecular flexibility index (Phi) is 4.42. The summed E-state index contributed by atoms with van der Waals surface area (Å²) in [4.78, 5) is 21.9. The van der Waals surface area contributed by atoms with Gasteiger partial charge < -0.3 is 14.3 Å². The lowest BCUT2D eigenvalue weighted by atomic mass is 9.96. The molecule has 2 saturated heterocycles. The highest BCUT2D eigenvalue weighted by Gasteiger charge is 2.37. The molecule has 0 radical (unpaired) electrons. The first kappa shape index (κ1) is 16.1. The number of aromatic nitrogens is 2. The fourth-order valence-electron chi connectivity index (χ4n) is 4.03. The number of amides is 1. The average molecular weight is 340 g/mol. The van der Waals surface area contributed by atoms with Gasteiger partial charge in [0, 0.05) is 31.9 Å². The molecule has 2 fully saturated rings. The van der Waals surface area contributed by atoms with Crippen LogP contribution in [-0.4, -0.2) is 40.6 Å². The predicted molar refractivity (Wildman–Crippen MR) is 94.1 cm³/mol. The largest absolute Gasteiger partial charge is 0.359 e. The van der Waals surface area contributed by atoms with Crippen LogP contribution >= 0.6 is 0 Å². The van der Waals surface area contributed by atoms with Gasteiger partial charge in [-0.25, -0.2) is 4.98 Å². The van der Waals surface area contributed by atoms with Gasteiger partial charge in [-0.3, -0.25) is 4.79 Å². The van der Waals surface area contributed by atoms with E-state index >= 15 is 0 Å². The van der Waals surface area contributed by atoms with E-state index in [1.807, 2.05) is 42.3 Å². The molecule has 2 atom stereocenters. The van der Waals surface area contributed by atoms with Crippen molar-refractivity contribution >= 4 is 11.7 Å². The van der Waals surface area contributed by atoms with Gasteiger partial charge in [0.25, 0.3) is 0 Å². The van der Waals surface area contributed by atoms with Gasteiger partial charge in [0.2, 0.25) is 5.91 Å². The second-order valence-electron chi connectivity index (χ2n) is 7.03. The molecule has 4 rings (SSSR count). The maximum absolute atomic E-state index is 13.2. The zero-order valence-corrected chi connectivity index (χ0v) is 14.6. The number of piperidine rings is 1. The molecule has 0 bridgehead atoms. The molecule has 0 aromatic carbocycles. The lowest BCUT2D eigenvalue weighted by molar-refractivity contribution is -0.137. The van der Waals surface area contributed by atoms with Gasteiger partial charge in [-0.1, -0.05) is 11.2 Å². The van der Waals surface area contributed by atoms with Crippen LogP contribution in [0.25, 0.3) is 0 Å². The zero-order chi connectivity index (χ0) is 17.2. The zero-order valence-electron chi connectivity index (χ0n) is 14.6. The summed E-state index contributed by atoms with van der Waals surface area (Å²) in [6, 6.07) is 7.93. The standard InChI is InChI=1S/C19H24N4O2/c1-14-12-17(25-21-14)16-7-5-11-23(16)19(24)15-6-4-10-22(13-15)18-8-2-3-9-20-18/h2-3,8-9,12,15-16H,4-7,10-11,13H2,1H3/t15-,16+/m1/s1. The minimum absolute atomic E-state index is 0.0281. The molecule has 4 heterocycles. The fourth-order valence-corrected chi connectivity index (χ4v) is 4.03. The predicted octanol–water partition coefficient (Wildman–Crippen LogP) is 2.96. The van der Waals surface area contributed by atoms with E-state index in [9.17, 15) is 4.79 Å². The number of carbonyl (C=O) groups excluding carboxylic acids is 1. The second kappa shape index (κ2) is 6.86. The van der Waals surface area contributed by atoms with Crippen LogP contribution in [0.1, 0.15) is 43.2 Å². The van der Waals surface area contributed by atoms with Gasteiger partial charge in [0.05, 0.1) is 17.7 Å². The highest BCUT2D eigenvalue weighted by molar-refractivity contribution is 5.80. The van der Waals surface area contributed by atoms with Crippen molar-refractivity contribution in [3.05, 3.63) is 41.9 Å². The Hall–Kier alpha value is -2.37. The Bertz CT molecular complexity index is 730. The topological polar surface area (TPSA) is 62.5 Å². The maximum atomic E-state index is 13.2. The number of nitrogens with zero attached hydrogens (tertiary/aromatic N) is 4. The third-order valence-corrected chi connectivity index (χ3v) is 5.25. The normalized spacial score (nSPS) is 23.9. The van der Waals surface area contributed by atoms with E-state index < -0.39 is 0 Å². The third kappa shape index (κ3) is 3.25. The Morgan fingerprint density at radius 2 is 2.12 bits per heavy atom. The Balaban J connectivity index is 1.48. The number of likely N-dealkylation sites (tertiary alicyclic amines) is 1. The molecule has 132 valence electrons. The molecular formula is C19H24N4O2. The molecule has 2 aliphatic heterocycles. The summed E-state index contributed by atoms with van der Waals surface area (Å²) in [6.07, 6.45) is 5.75. The molecule has 2 aliphatic rings. The SMILES string of the molecule is Cc1cc([C@@H]2CCCN2C(=O)[C@@H]2CCCN(c3ccccn3)C2)on1. The van der Waals surface area contributed by atoms with Crippen LogP contribution in [0.3, 0.4) is 0 Å². The van der Waals surface area contributed by atoms with Gasteiger partial charge >= 0.3 is 0 Å². The lowest BCUT2D eigenvalue weighted by Gasteiger charge is -2.35. The minimum atomic E-state index is 0.0281. The number of hydrogen-bond acceptors (Lipinski definition) is 5. The summed E-state index contributed by atoms with van der Waals surface area (Å²) in [7, 11) is 0. The molecular weight excluding hydrogens is 316 g/mol. The average Bonchev–Trinajstić information content (AvgIpc) is 3.30. The number of anilines is 1. The summed E-state index contributed by atoms with van der Waals surface area (Å²) in [6.45, 7) is 4.43. The van der Waals surface area contributed by atoms with Crippen LogP contribution in [0.5, 0.6) is 0 Å². The number of aryl methyl sites for hydroxylation is 1. The van der Waals surface area contributed by atoms with Gasteiger partial charge in [0.15, 0.2) is 5.76 Å². The molecule has 0 spiro atoms. The van der Waals surface area contributed by atoms with E-state index in [0.717, 1.165) is 62.6 Å². The first-order valence-corrected chi connectivity index (χ1v) is 9.12. The van der Waals surface area contributed by atoms with E-state index in [1.54, 1.807) is 0 Å². The number of carbonyl (C=O) groups is 1. The van der Waals surface area contributed by atoms with Crippen LogP contribution in [0.2, 0.25) is 0 Å². The number of pyridine rings is 1. The van der Waals surface area contributed by atoms with Crippen LogP contribution in [0.15, 0.2) is 35.0 Å². The summed E-state index contributed by atoms with van der Waals surface area (Å²) < 4.78 is 5.44. The van der Waals surface area contributed by atoms with Gasteiger partial charge in [-0.2, -0.15) is 0 Å². The molecule has 1 amide bonds. The first-order valence-electron chi connectivity index (χ1n) is 9.12. The maximum Gasteiger partial charge on any atom is 0.228 e. The molecule has 6 heteroatoms. The molecule has 0 unspecified atom stereocenters. The molecule has 6 nitrogen and oxygen atoms in total.